The maximum atomic E-state index is 12.7. The first-order valence-electron chi connectivity index (χ1n) is 22.5. The van der Waals surface area contributed by atoms with Crippen LogP contribution in [-0.4, -0.2) is 37.2 Å². The van der Waals surface area contributed by atoms with E-state index in [2.05, 4.69) is 20.8 Å². The van der Waals surface area contributed by atoms with Crippen molar-refractivity contribution in [3.05, 3.63) is 0 Å². The van der Waals surface area contributed by atoms with Crippen molar-refractivity contribution in [1.29, 1.82) is 0 Å². The van der Waals surface area contributed by atoms with Gasteiger partial charge in [-0.1, -0.05) is 213 Å². The Bertz CT molecular complexity index is 753. The molecule has 0 aromatic rings. The average molecular weight is 723 g/mol. The lowest BCUT2D eigenvalue weighted by molar-refractivity contribution is -0.167. The second kappa shape index (κ2) is 41.2. The monoisotopic (exact) mass is 723 g/mol. The number of esters is 3. The molecular weight excluding hydrogens is 636 g/mol. The lowest BCUT2D eigenvalue weighted by Crippen LogP contribution is -2.30. The summed E-state index contributed by atoms with van der Waals surface area (Å²) in [5, 5.41) is 0. The summed E-state index contributed by atoms with van der Waals surface area (Å²) in [6, 6.07) is 0. The summed E-state index contributed by atoms with van der Waals surface area (Å²) in [6.45, 7) is 6.57. The van der Waals surface area contributed by atoms with Crippen LogP contribution < -0.4 is 0 Å². The summed E-state index contributed by atoms with van der Waals surface area (Å²) in [4.78, 5) is 37.4. The molecule has 0 saturated heterocycles. The quantitative estimate of drug-likeness (QED) is 0.0355. The first-order valence-corrected chi connectivity index (χ1v) is 22.5. The molecule has 0 unspecified atom stereocenters. The molecule has 0 radical (unpaired) electrons. The second-order valence-electron chi connectivity index (χ2n) is 15.3. The summed E-state index contributed by atoms with van der Waals surface area (Å²) in [7, 11) is 0. The lowest BCUT2D eigenvalue weighted by atomic mass is 10.0. The molecule has 0 aliphatic rings. The molecule has 0 aliphatic heterocycles. The van der Waals surface area contributed by atoms with E-state index in [0.29, 0.717) is 19.3 Å². The number of unbranched alkanes of at least 4 members (excludes halogenated alkanes) is 30. The standard InChI is InChI=1S/C45H86O6/c1-4-7-10-13-15-17-19-21-22-23-24-26-28-30-33-36-39-45(48)51-42(40-49-43(46)37-34-31-12-9-6-3)41-50-44(47)38-35-32-29-27-25-20-18-16-14-11-8-5-2/h42H,4-41H2,1-3H3/t42-/m1/s1. The van der Waals surface area contributed by atoms with Crippen molar-refractivity contribution in [2.24, 2.45) is 0 Å². The highest BCUT2D eigenvalue weighted by atomic mass is 16.6. The van der Waals surface area contributed by atoms with E-state index >= 15 is 0 Å². The van der Waals surface area contributed by atoms with Gasteiger partial charge in [0, 0.05) is 19.3 Å². The molecule has 0 fully saturated rings. The minimum absolute atomic E-state index is 0.0639. The van der Waals surface area contributed by atoms with Crippen LogP contribution in [0.5, 0.6) is 0 Å². The molecule has 0 rings (SSSR count). The van der Waals surface area contributed by atoms with Crippen LogP contribution in [0.4, 0.5) is 0 Å². The predicted octanol–water partition coefficient (Wildman–Crippen LogP) is 14.1. The molecule has 302 valence electrons. The van der Waals surface area contributed by atoms with Gasteiger partial charge in [0.1, 0.15) is 13.2 Å². The molecule has 0 aliphatic carbocycles. The number of ether oxygens (including phenoxy) is 3. The maximum Gasteiger partial charge on any atom is 0.306 e. The largest absolute Gasteiger partial charge is 0.462 e. The van der Waals surface area contributed by atoms with E-state index in [1.165, 1.54) is 148 Å². The third-order valence-electron chi connectivity index (χ3n) is 10.1. The van der Waals surface area contributed by atoms with Crippen molar-refractivity contribution >= 4 is 17.9 Å². The van der Waals surface area contributed by atoms with Crippen LogP contribution in [0.15, 0.2) is 0 Å². The normalized spacial score (nSPS) is 11.8. The van der Waals surface area contributed by atoms with E-state index in [1.807, 2.05) is 0 Å². The highest BCUT2D eigenvalue weighted by molar-refractivity contribution is 5.71. The highest BCUT2D eigenvalue weighted by Gasteiger charge is 2.19. The van der Waals surface area contributed by atoms with E-state index in [0.717, 1.165) is 64.2 Å². The van der Waals surface area contributed by atoms with Gasteiger partial charge in [0.25, 0.3) is 0 Å². The fourth-order valence-corrected chi connectivity index (χ4v) is 6.68. The second-order valence-corrected chi connectivity index (χ2v) is 15.3. The molecule has 0 spiro atoms. The Morgan fingerprint density at radius 1 is 0.314 bits per heavy atom. The van der Waals surface area contributed by atoms with Gasteiger partial charge >= 0.3 is 17.9 Å². The summed E-state index contributed by atoms with van der Waals surface area (Å²) in [6.07, 6.45) is 41.1. The molecule has 0 amide bonds. The molecule has 51 heavy (non-hydrogen) atoms. The van der Waals surface area contributed by atoms with Crippen LogP contribution in [0.3, 0.4) is 0 Å². The van der Waals surface area contributed by atoms with Gasteiger partial charge in [-0.25, -0.2) is 0 Å². The smallest absolute Gasteiger partial charge is 0.306 e. The van der Waals surface area contributed by atoms with Crippen LogP contribution in [-0.2, 0) is 28.6 Å². The van der Waals surface area contributed by atoms with Gasteiger partial charge in [-0.3, -0.25) is 14.4 Å². The van der Waals surface area contributed by atoms with Crippen molar-refractivity contribution in [2.75, 3.05) is 13.2 Å². The van der Waals surface area contributed by atoms with E-state index in [1.54, 1.807) is 0 Å². The van der Waals surface area contributed by atoms with Crippen LogP contribution in [0.2, 0.25) is 0 Å². The van der Waals surface area contributed by atoms with Gasteiger partial charge in [-0.15, -0.1) is 0 Å². The molecule has 6 heteroatoms. The molecule has 1 atom stereocenters. The zero-order valence-corrected chi connectivity index (χ0v) is 34.4. The molecular formula is C45H86O6. The van der Waals surface area contributed by atoms with Crippen LogP contribution in [0.25, 0.3) is 0 Å². The number of hydrogen-bond donors (Lipinski definition) is 0. The topological polar surface area (TPSA) is 78.9 Å². The third-order valence-corrected chi connectivity index (χ3v) is 10.1. The Balaban J connectivity index is 4.17. The zero-order valence-electron chi connectivity index (χ0n) is 34.4. The summed E-state index contributed by atoms with van der Waals surface area (Å²) in [5.41, 5.74) is 0. The number of rotatable bonds is 41. The van der Waals surface area contributed by atoms with E-state index in [-0.39, 0.29) is 31.1 Å². The summed E-state index contributed by atoms with van der Waals surface area (Å²) < 4.78 is 16.6. The zero-order chi connectivity index (χ0) is 37.3. The minimum atomic E-state index is -0.756. The van der Waals surface area contributed by atoms with E-state index < -0.39 is 6.10 Å². The van der Waals surface area contributed by atoms with Crippen molar-refractivity contribution in [3.63, 3.8) is 0 Å². The van der Waals surface area contributed by atoms with Gasteiger partial charge in [0.15, 0.2) is 6.10 Å². The first-order chi connectivity index (χ1) is 25.0. The Morgan fingerprint density at radius 2 is 0.529 bits per heavy atom. The van der Waals surface area contributed by atoms with Gasteiger partial charge in [-0.05, 0) is 19.3 Å². The van der Waals surface area contributed by atoms with Crippen LogP contribution in [0.1, 0.15) is 252 Å². The molecule has 0 aromatic heterocycles. The lowest BCUT2D eigenvalue weighted by Gasteiger charge is -2.18. The third kappa shape index (κ3) is 39.5. The number of hydrogen-bond acceptors (Lipinski definition) is 6. The molecule has 0 heterocycles. The fourth-order valence-electron chi connectivity index (χ4n) is 6.68. The van der Waals surface area contributed by atoms with Gasteiger partial charge < -0.3 is 14.2 Å². The van der Waals surface area contributed by atoms with Crippen LogP contribution in [0, 0.1) is 0 Å². The minimum Gasteiger partial charge on any atom is -0.462 e. The predicted molar refractivity (Wildman–Crippen MR) is 215 cm³/mol. The van der Waals surface area contributed by atoms with Gasteiger partial charge in [0.05, 0.1) is 0 Å². The van der Waals surface area contributed by atoms with E-state index in [9.17, 15) is 14.4 Å². The van der Waals surface area contributed by atoms with Crippen molar-refractivity contribution < 1.29 is 28.6 Å². The molecule has 0 bridgehead atoms. The maximum absolute atomic E-state index is 12.7. The average Bonchev–Trinajstić information content (AvgIpc) is 3.12. The van der Waals surface area contributed by atoms with Gasteiger partial charge in [-0.2, -0.15) is 0 Å². The summed E-state index contributed by atoms with van der Waals surface area (Å²) >= 11 is 0. The van der Waals surface area contributed by atoms with E-state index in [4.69, 9.17) is 14.2 Å². The Kier molecular flexibility index (Phi) is 39.9. The Labute approximate surface area is 317 Å². The molecule has 0 N–H and O–H groups in total. The fraction of sp³-hybridized carbons (Fsp3) is 0.933. The SMILES string of the molecule is CCCCCCCCCCCCCCCCCCC(=O)O[C@H](COC(=O)CCCCCCC)COC(=O)CCCCCCCCCCCCCC. The number of carbonyl (C=O) groups is 3. The highest BCUT2D eigenvalue weighted by Crippen LogP contribution is 2.16. The van der Waals surface area contributed by atoms with Gasteiger partial charge in [0.2, 0.25) is 0 Å². The Morgan fingerprint density at radius 3 is 0.784 bits per heavy atom. The van der Waals surface area contributed by atoms with Crippen molar-refractivity contribution in [3.8, 4) is 0 Å². The summed E-state index contributed by atoms with van der Waals surface area (Å²) in [5.74, 6) is -0.866. The molecule has 0 saturated carbocycles. The first kappa shape index (κ1) is 49.4. The van der Waals surface area contributed by atoms with Crippen molar-refractivity contribution in [2.45, 2.75) is 258 Å². The van der Waals surface area contributed by atoms with Crippen molar-refractivity contribution in [1.82, 2.24) is 0 Å². The number of carbonyl (C=O) groups excluding carboxylic acids is 3. The Hall–Kier alpha value is -1.59. The van der Waals surface area contributed by atoms with Crippen LogP contribution >= 0.6 is 0 Å². The molecule has 6 nitrogen and oxygen atoms in total. The molecule has 0 aromatic carbocycles.